The number of hydrogen-bond acceptors (Lipinski definition) is 3. The van der Waals surface area contributed by atoms with Gasteiger partial charge in [0.25, 0.3) is 0 Å². The van der Waals surface area contributed by atoms with Crippen LogP contribution in [-0.4, -0.2) is 11.9 Å². The SMILES string of the molecule is NC(=O)C(NC1CCCC1)c1ccsc1. The van der Waals surface area contributed by atoms with Crippen molar-refractivity contribution in [3.63, 3.8) is 0 Å². The summed E-state index contributed by atoms with van der Waals surface area (Å²) in [5.74, 6) is -0.277. The normalized spacial score (nSPS) is 19.2. The van der Waals surface area contributed by atoms with Gasteiger partial charge in [0.2, 0.25) is 5.91 Å². The fraction of sp³-hybridized carbons (Fsp3) is 0.545. The average molecular weight is 224 g/mol. The van der Waals surface area contributed by atoms with E-state index in [1.165, 1.54) is 12.8 Å². The number of carbonyl (C=O) groups excluding carboxylic acids is 1. The van der Waals surface area contributed by atoms with E-state index < -0.39 is 0 Å². The molecule has 1 aromatic rings. The predicted molar refractivity (Wildman–Crippen MR) is 61.6 cm³/mol. The molecule has 1 heterocycles. The highest BCUT2D eigenvalue weighted by atomic mass is 32.1. The van der Waals surface area contributed by atoms with E-state index in [0.29, 0.717) is 6.04 Å². The minimum Gasteiger partial charge on any atom is -0.368 e. The van der Waals surface area contributed by atoms with Crippen molar-refractivity contribution in [2.24, 2.45) is 5.73 Å². The smallest absolute Gasteiger partial charge is 0.239 e. The molecule has 0 radical (unpaired) electrons. The molecule has 1 aliphatic rings. The highest BCUT2D eigenvalue weighted by molar-refractivity contribution is 7.08. The maximum absolute atomic E-state index is 11.3. The Morgan fingerprint density at radius 1 is 1.53 bits per heavy atom. The highest BCUT2D eigenvalue weighted by Gasteiger charge is 2.23. The number of thiophene rings is 1. The van der Waals surface area contributed by atoms with Gasteiger partial charge in [0.15, 0.2) is 0 Å². The van der Waals surface area contributed by atoms with Crippen LogP contribution < -0.4 is 11.1 Å². The third-order valence-corrected chi connectivity index (χ3v) is 3.62. The molecule has 1 atom stereocenters. The molecule has 3 nitrogen and oxygen atoms in total. The molecule has 1 fully saturated rings. The topological polar surface area (TPSA) is 55.1 Å². The van der Waals surface area contributed by atoms with Gasteiger partial charge in [0, 0.05) is 6.04 Å². The molecular weight excluding hydrogens is 208 g/mol. The van der Waals surface area contributed by atoms with Gasteiger partial charge in [0.1, 0.15) is 6.04 Å². The van der Waals surface area contributed by atoms with Crippen LogP contribution in [0, 0.1) is 0 Å². The van der Waals surface area contributed by atoms with Gasteiger partial charge < -0.3 is 5.73 Å². The van der Waals surface area contributed by atoms with Crippen molar-refractivity contribution in [2.45, 2.75) is 37.8 Å². The Labute approximate surface area is 93.7 Å². The van der Waals surface area contributed by atoms with Crippen molar-refractivity contribution in [1.82, 2.24) is 5.32 Å². The van der Waals surface area contributed by atoms with Gasteiger partial charge >= 0.3 is 0 Å². The van der Waals surface area contributed by atoms with E-state index >= 15 is 0 Å². The molecule has 82 valence electrons. The number of carbonyl (C=O) groups is 1. The van der Waals surface area contributed by atoms with Gasteiger partial charge in [-0.05, 0) is 35.2 Å². The van der Waals surface area contributed by atoms with Gasteiger partial charge in [0.05, 0.1) is 0 Å². The number of nitrogens with two attached hydrogens (primary N) is 1. The van der Waals surface area contributed by atoms with Crippen molar-refractivity contribution in [1.29, 1.82) is 0 Å². The van der Waals surface area contributed by atoms with Crippen molar-refractivity contribution < 1.29 is 4.79 Å². The number of amides is 1. The molecule has 1 amide bonds. The Bertz CT molecular complexity index is 317. The summed E-state index contributed by atoms with van der Waals surface area (Å²) in [6.45, 7) is 0. The lowest BCUT2D eigenvalue weighted by atomic mass is 10.1. The van der Waals surface area contributed by atoms with Gasteiger partial charge in [-0.3, -0.25) is 10.1 Å². The van der Waals surface area contributed by atoms with Gasteiger partial charge in [-0.15, -0.1) is 0 Å². The third kappa shape index (κ3) is 2.58. The first kappa shape index (κ1) is 10.6. The molecule has 0 aromatic carbocycles. The standard InChI is InChI=1S/C11H16N2OS/c12-11(14)10(8-5-6-15-7-8)13-9-3-1-2-4-9/h5-7,9-10,13H,1-4H2,(H2,12,14). The molecule has 0 aliphatic heterocycles. The maximum Gasteiger partial charge on any atom is 0.239 e. The molecule has 0 spiro atoms. The van der Waals surface area contributed by atoms with Gasteiger partial charge in [-0.1, -0.05) is 12.8 Å². The summed E-state index contributed by atoms with van der Waals surface area (Å²) in [7, 11) is 0. The van der Waals surface area contributed by atoms with Crippen LogP contribution in [0.15, 0.2) is 16.8 Å². The van der Waals surface area contributed by atoms with E-state index in [-0.39, 0.29) is 11.9 Å². The van der Waals surface area contributed by atoms with E-state index in [0.717, 1.165) is 18.4 Å². The molecule has 3 N–H and O–H groups in total. The van der Waals surface area contributed by atoms with Crippen molar-refractivity contribution in [2.75, 3.05) is 0 Å². The lowest BCUT2D eigenvalue weighted by Gasteiger charge is -2.19. The predicted octanol–water partition coefficient (Wildman–Crippen LogP) is 1.81. The molecule has 2 rings (SSSR count). The Hall–Kier alpha value is -0.870. The van der Waals surface area contributed by atoms with Crippen LogP contribution in [0.25, 0.3) is 0 Å². The van der Waals surface area contributed by atoms with E-state index in [1.54, 1.807) is 11.3 Å². The quantitative estimate of drug-likeness (QED) is 0.819. The molecule has 1 aromatic heterocycles. The van der Waals surface area contributed by atoms with E-state index in [9.17, 15) is 4.79 Å². The van der Waals surface area contributed by atoms with E-state index in [4.69, 9.17) is 5.73 Å². The summed E-state index contributed by atoms with van der Waals surface area (Å²) in [4.78, 5) is 11.3. The van der Waals surface area contributed by atoms with Crippen LogP contribution in [0.3, 0.4) is 0 Å². The molecule has 0 bridgehead atoms. The minimum absolute atomic E-state index is 0.277. The Morgan fingerprint density at radius 2 is 2.27 bits per heavy atom. The Morgan fingerprint density at radius 3 is 2.80 bits per heavy atom. The van der Waals surface area contributed by atoms with Crippen LogP contribution in [0.2, 0.25) is 0 Å². The summed E-state index contributed by atoms with van der Waals surface area (Å²) >= 11 is 1.60. The summed E-state index contributed by atoms with van der Waals surface area (Å²) in [5, 5.41) is 7.31. The zero-order chi connectivity index (χ0) is 10.7. The monoisotopic (exact) mass is 224 g/mol. The summed E-state index contributed by atoms with van der Waals surface area (Å²) < 4.78 is 0. The lowest BCUT2D eigenvalue weighted by Crippen LogP contribution is -2.38. The first-order valence-corrected chi connectivity index (χ1v) is 6.29. The summed E-state index contributed by atoms with van der Waals surface area (Å²) in [6, 6.07) is 2.11. The maximum atomic E-state index is 11.3. The van der Waals surface area contributed by atoms with Crippen molar-refractivity contribution >= 4 is 17.2 Å². The van der Waals surface area contributed by atoms with Crippen molar-refractivity contribution in [3.8, 4) is 0 Å². The first-order valence-electron chi connectivity index (χ1n) is 5.35. The molecule has 1 unspecified atom stereocenters. The van der Waals surface area contributed by atoms with Crippen LogP contribution in [0.4, 0.5) is 0 Å². The molecule has 1 aliphatic carbocycles. The fourth-order valence-corrected chi connectivity index (χ4v) is 2.80. The second-order valence-corrected chi connectivity index (χ2v) is 4.82. The number of nitrogens with one attached hydrogen (secondary N) is 1. The average Bonchev–Trinajstić information content (AvgIpc) is 2.87. The Balaban J connectivity index is 2.03. The second kappa shape index (κ2) is 4.77. The number of hydrogen-bond donors (Lipinski definition) is 2. The van der Waals surface area contributed by atoms with E-state index in [2.05, 4.69) is 5.32 Å². The summed E-state index contributed by atoms with van der Waals surface area (Å²) in [6.07, 6.45) is 4.83. The molecule has 0 saturated heterocycles. The Kier molecular flexibility index (Phi) is 3.38. The van der Waals surface area contributed by atoms with Crippen LogP contribution in [0.1, 0.15) is 37.3 Å². The number of rotatable bonds is 4. The first-order chi connectivity index (χ1) is 7.27. The lowest BCUT2D eigenvalue weighted by molar-refractivity contribution is -0.120. The van der Waals surface area contributed by atoms with E-state index in [1.807, 2.05) is 16.8 Å². The van der Waals surface area contributed by atoms with Crippen LogP contribution >= 0.6 is 11.3 Å². The van der Waals surface area contributed by atoms with Crippen molar-refractivity contribution in [3.05, 3.63) is 22.4 Å². The zero-order valence-corrected chi connectivity index (χ0v) is 9.43. The molecular formula is C11H16N2OS. The summed E-state index contributed by atoms with van der Waals surface area (Å²) in [5.41, 5.74) is 6.41. The van der Waals surface area contributed by atoms with Gasteiger partial charge in [-0.25, -0.2) is 0 Å². The van der Waals surface area contributed by atoms with Crippen LogP contribution in [-0.2, 0) is 4.79 Å². The van der Waals surface area contributed by atoms with Gasteiger partial charge in [-0.2, -0.15) is 11.3 Å². The minimum atomic E-state index is -0.306. The second-order valence-electron chi connectivity index (χ2n) is 4.04. The molecule has 4 heteroatoms. The zero-order valence-electron chi connectivity index (χ0n) is 8.61. The molecule has 15 heavy (non-hydrogen) atoms. The highest BCUT2D eigenvalue weighted by Crippen LogP contribution is 2.23. The molecule has 1 saturated carbocycles. The largest absolute Gasteiger partial charge is 0.368 e. The number of primary amides is 1. The third-order valence-electron chi connectivity index (χ3n) is 2.92. The fourth-order valence-electron chi connectivity index (χ4n) is 2.11. The van der Waals surface area contributed by atoms with Crippen LogP contribution in [0.5, 0.6) is 0 Å².